The van der Waals surface area contributed by atoms with Gasteiger partial charge in [-0.3, -0.25) is 4.90 Å². The fourth-order valence-electron chi connectivity index (χ4n) is 2.40. The summed E-state index contributed by atoms with van der Waals surface area (Å²) in [5, 5.41) is 0. The largest absolute Gasteiger partial charge is 0.398 e. The van der Waals surface area contributed by atoms with Crippen LogP contribution in [0.3, 0.4) is 0 Å². The second-order valence-electron chi connectivity index (χ2n) is 4.69. The van der Waals surface area contributed by atoms with Crippen LogP contribution in [0.5, 0.6) is 0 Å². The maximum absolute atomic E-state index is 13.2. The fourth-order valence-corrected chi connectivity index (χ4v) is 2.40. The fraction of sp³-hybridized carbons (Fsp3) is 0.538. The van der Waals surface area contributed by atoms with Crippen LogP contribution in [0.2, 0.25) is 0 Å². The molecule has 1 saturated heterocycles. The van der Waals surface area contributed by atoms with Gasteiger partial charge in [0.1, 0.15) is 5.82 Å². The van der Waals surface area contributed by atoms with Crippen molar-refractivity contribution in [2.75, 3.05) is 19.4 Å². The third kappa shape index (κ3) is 2.76. The topological polar surface area (TPSA) is 38.5 Å². The van der Waals surface area contributed by atoms with Crippen molar-refractivity contribution in [1.29, 1.82) is 0 Å². The second-order valence-corrected chi connectivity index (χ2v) is 4.69. The summed E-state index contributed by atoms with van der Waals surface area (Å²) in [4.78, 5) is 2.18. The maximum Gasteiger partial charge on any atom is 0.123 e. The molecule has 0 saturated carbocycles. The molecule has 2 rings (SSSR count). The van der Waals surface area contributed by atoms with Crippen molar-refractivity contribution in [2.45, 2.75) is 32.0 Å². The first kappa shape index (κ1) is 12.3. The quantitative estimate of drug-likeness (QED) is 0.819. The summed E-state index contributed by atoms with van der Waals surface area (Å²) in [5.41, 5.74) is 7.33. The zero-order chi connectivity index (χ0) is 12.4. The lowest BCUT2D eigenvalue weighted by Gasteiger charge is -2.27. The van der Waals surface area contributed by atoms with E-state index in [0.29, 0.717) is 18.3 Å². The molecule has 0 radical (unpaired) electrons. The summed E-state index contributed by atoms with van der Waals surface area (Å²) in [6, 6.07) is 4.90. The van der Waals surface area contributed by atoms with Crippen molar-refractivity contribution >= 4 is 5.69 Å². The number of nitrogen functional groups attached to an aromatic ring is 1. The molecular formula is C13H19FN2O. The number of halogens is 1. The highest BCUT2D eigenvalue weighted by Crippen LogP contribution is 2.22. The van der Waals surface area contributed by atoms with Gasteiger partial charge in [-0.05, 0) is 44.2 Å². The van der Waals surface area contributed by atoms with Crippen LogP contribution in [-0.2, 0) is 11.3 Å². The predicted octanol–water partition coefficient (Wildman–Crippen LogP) is 2.02. The van der Waals surface area contributed by atoms with Gasteiger partial charge < -0.3 is 10.5 Å². The van der Waals surface area contributed by atoms with Gasteiger partial charge in [0.25, 0.3) is 0 Å². The van der Waals surface area contributed by atoms with Crippen LogP contribution in [0, 0.1) is 5.82 Å². The normalized spacial score (nSPS) is 24.5. The predicted molar refractivity (Wildman–Crippen MR) is 66.1 cm³/mol. The number of hydrogen-bond donors (Lipinski definition) is 1. The van der Waals surface area contributed by atoms with E-state index in [1.165, 1.54) is 12.1 Å². The lowest BCUT2D eigenvalue weighted by molar-refractivity contribution is 0.0815. The molecule has 1 aromatic carbocycles. The van der Waals surface area contributed by atoms with E-state index in [1.54, 1.807) is 6.07 Å². The Bertz CT molecular complexity index is 397. The summed E-state index contributed by atoms with van der Waals surface area (Å²) in [5.74, 6) is -0.238. The standard InChI is InChI=1S/C13H19FN2O/c1-9-13(5-6-17-9)16(2)8-10-7-11(14)3-4-12(10)15/h3-4,7,9,13H,5-6,8,15H2,1-2H3. The van der Waals surface area contributed by atoms with Crippen LogP contribution in [0.4, 0.5) is 10.1 Å². The Morgan fingerprint density at radius 1 is 1.53 bits per heavy atom. The molecule has 0 amide bonds. The van der Waals surface area contributed by atoms with E-state index in [9.17, 15) is 4.39 Å². The summed E-state index contributed by atoms with van der Waals surface area (Å²) in [7, 11) is 2.03. The molecule has 94 valence electrons. The molecule has 1 aliphatic rings. The molecule has 1 fully saturated rings. The SMILES string of the molecule is CC1OCCC1N(C)Cc1cc(F)ccc1N. The molecule has 4 heteroatoms. The van der Waals surface area contributed by atoms with Crippen molar-refractivity contribution in [1.82, 2.24) is 4.90 Å². The van der Waals surface area contributed by atoms with Crippen molar-refractivity contribution in [3.05, 3.63) is 29.6 Å². The van der Waals surface area contributed by atoms with Gasteiger partial charge >= 0.3 is 0 Å². The Balaban J connectivity index is 2.07. The number of nitrogens with two attached hydrogens (primary N) is 1. The minimum Gasteiger partial charge on any atom is -0.398 e. The minimum atomic E-state index is -0.238. The highest BCUT2D eigenvalue weighted by molar-refractivity contribution is 5.46. The van der Waals surface area contributed by atoms with Gasteiger partial charge in [0.2, 0.25) is 0 Å². The van der Waals surface area contributed by atoms with E-state index in [2.05, 4.69) is 11.8 Å². The number of anilines is 1. The van der Waals surface area contributed by atoms with Crippen molar-refractivity contribution in [3.8, 4) is 0 Å². The Labute approximate surface area is 101 Å². The highest BCUT2D eigenvalue weighted by Gasteiger charge is 2.27. The molecule has 1 heterocycles. The summed E-state index contributed by atoms with van der Waals surface area (Å²) in [6.45, 7) is 3.53. The molecule has 0 bridgehead atoms. The number of ether oxygens (including phenoxy) is 1. The monoisotopic (exact) mass is 238 g/mol. The van der Waals surface area contributed by atoms with E-state index in [-0.39, 0.29) is 11.9 Å². The van der Waals surface area contributed by atoms with Crippen LogP contribution in [0.25, 0.3) is 0 Å². The molecule has 1 aromatic rings. The van der Waals surface area contributed by atoms with Gasteiger partial charge in [0.15, 0.2) is 0 Å². The lowest BCUT2D eigenvalue weighted by atomic mass is 10.1. The molecule has 0 aliphatic carbocycles. The number of nitrogens with zero attached hydrogens (tertiary/aromatic N) is 1. The number of rotatable bonds is 3. The smallest absolute Gasteiger partial charge is 0.123 e. The second kappa shape index (κ2) is 5.02. The number of likely N-dealkylation sites (N-methyl/N-ethyl adjacent to an activating group) is 1. The molecule has 2 N–H and O–H groups in total. The Morgan fingerprint density at radius 2 is 2.29 bits per heavy atom. The van der Waals surface area contributed by atoms with Crippen molar-refractivity contribution < 1.29 is 9.13 Å². The average molecular weight is 238 g/mol. The van der Waals surface area contributed by atoms with Gasteiger partial charge in [0.05, 0.1) is 6.10 Å². The van der Waals surface area contributed by atoms with Crippen LogP contribution in [0.15, 0.2) is 18.2 Å². The van der Waals surface area contributed by atoms with Crippen LogP contribution < -0.4 is 5.73 Å². The van der Waals surface area contributed by atoms with Crippen LogP contribution in [-0.4, -0.2) is 30.7 Å². The van der Waals surface area contributed by atoms with E-state index in [1.807, 2.05) is 7.05 Å². The zero-order valence-corrected chi connectivity index (χ0v) is 10.3. The molecule has 17 heavy (non-hydrogen) atoms. The number of benzene rings is 1. The minimum absolute atomic E-state index is 0.231. The zero-order valence-electron chi connectivity index (χ0n) is 10.3. The van der Waals surface area contributed by atoms with Gasteiger partial charge in [-0.15, -0.1) is 0 Å². The van der Waals surface area contributed by atoms with Gasteiger partial charge in [-0.2, -0.15) is 0 Å². The third-order valence-corrected chi connectivity index (χ3v) is 3.43. The lowest BCUT2D eigenvalue weighted by Crippen LogP contribution is -2.36. The van der Waals surface area contributed by atoms with Gasteiger partial charge in [0, 0.05) is 24.9 Å². The van der Waals surface area contributed by atoms with Crippen LogP contribution >= 0.6 is 0 Å². The van der Waals surface area contributed by atoms with E-state index in [4.69, 9.17) is 10.5 Å². The van der Waals surface area contributed by atoms with Gasteiger partial charge in [-0.25, -0.2) is 4.39 Å². The van der Waals surface area contributed by atoms with E-state index >= 15 is 0 Å². The summed E-state index contributed by atoms with van der Waals surface area (Å²) < 4.78 is 18.7. The first-order chi connectivity index (χ1) is 8.08. The highest BCUT2D eigenvalue weighted by atomic mass is 19.1. The molecule has 2 unspecified atom stereocenters. The number of hydrogen-bond acceptors (Lipinski definition) is 3. The van der Waals surface area contributed by atoms with E-state index < -0.39 is 0 Å². The molecular weight excluding hydrogens is 219 g/mol. The molecule has 0 aromatic heterocycles. The average Bonchev–Trinajstić information content (AvgIpc) is 2.70. The molecule has 0 spiro atoms. The Kier molecular flexibility index (Phi) is 3.64. The molecule has 3 nitrogen and oxygen atoms in total. The summed E-state index contributed by atoms with van der Waals surface area (Å²) >= 11 is 0. The van der Waals surface area contributed by atoms with Crippen LogP contribution in [0.1, 0.15) is 18.9 Å². The van der Waals surface area contributed by atoms with Gasteiger partial charge in [-0.1, -0.05) is 0 Å². The Hall–Kier alpha value is -1.13. The third-order valence-electron chi connectivity index (χ3n) is 3.43. The first-order valence-corrected chi connectivity index (χ1v) is 5.93. The van der Waals surface area contributed by atoms with Crippen molar-refractivity contribution in [3.63, 3.8) is 0 Å². The Morgan fingerprint density at radius 3 is 2.94 bits per heavy atom. The van der Waals surface area contributed by atoms with E-state index in [0.717, 1.165) is 18.6 Å². The first-order valence-electron chi connectivity index (χ1n) is 5.93. The van der Waals surface area contributed by atoms with Crippen molar-refractivity contribution in [2.24, 2.45) is 0 Å². The maximum atomic E-state index is 13.2. The molecule has 2 atom stereocenters. The summed E-state index contributed by atoms with van der Waals surface area (Å²) in [6.07, 6.45) is 1.25. The molecule has 1 aliphatic heterocycles.